The van der Waals surface area contributed by atoms with E-state index in [2.05, 4.69) is 25.3 Å². The van der Waals surface area contributed by atoms with Crippen molar-refractivity contribution >= 4 is 82.8 Å². The van der Waals surface area contributed by atoms with Crippen molar-refractivity contribution in [3.8, 4) is 44.8 Å². The lowest BCUT2D eigenvalue weighted by Crippen LogP contribution is -2.44. The van der Waals surface area contributed by atoms with Crippen molar-refractivity contribution in [2.45, 2.75) is 57.1 Å². The number of rotatable bonds is 10. The molecule has 2 atom stereocenters. The van der Waals surface area contributed by atoms with Crippen molar-refractivity contribution in [1.82, 2.24) is 29.9 Å². The maximum absolute atomic E-state index is 14.1. The van der Waals surface area contributed by atoms with E-state index < -0.39 is 22.4 Å². The lowest BCUT2D eigenvalue weighted by molar-refractivity contribution is 0.431. The Bertz CT molecular complexity index is 2720. The SMILES string of the molecule is Nc1c([S+]([O-])C2CCC2)sc2nc(-c3cnc(NC4CC([S+]([O-])c5sc6nc(-c7cncnc7)cc(-c7ccccc7)c6c5N)C4)nc3)cc(-c3ccccc3)c12. The van der Waals surface area contributed by atoms with Gasteiger partial charge in [-0.15, -0.1) is 0 Å². The Hall–Kier alpha value is -5.16. The summed E-state index contributed by atoms with van der Waals surface area (Å²) >= 11 is 0.329. The molecule has 2 unspecified atom stereocenters. The molecule has 11 nitrogen and oxygen atoms in total. The van der Waals surface area contributed by atoms with Crippen LogP contribution in [0.4, 0.5) is 17.3 Å². The van der Waals surface area contributed by atoms with Crippen LogP contribution in [0.3, 0.4) is 0 Å². The van der Waals surface area contributed by atoms with Gasteiger partial charge in [0, 0.05) is 87.9 Å². The second-order valence-electron chi connectivity index (χ2n) is 14.3. The van der Waals surface area contributed by atoms with Crippen LogP contribution in [-0.4, -0.2) is 55.6 Å². The van der Waals surface area contributed by atoms with Crippen molar-refractivity contribution in [3.63, 3.8) is 0 Å². The Labute approximate surface area is 342 Å². The Morgan fingerprint density at radius 1 is 0.632 bits per heavy atom. The first-order valence-corrected chi connectivity index (χ1v) is 22.7. The molecule has 8 aromatic rings. The van der Waals surface area contributed by atoms with E-state index in [0.717, 1.165) is 78.8 Å². The fourth-order valence-electron chi connectivity index (χ4n) is 7.38. The van der Waals surface area contributed by atoms with E-state index in [9.17, 15) is 9.11 Å². The third-order valence-electron chi connectivity index (χ3n) is 10.8. The molecule has 2 aliphatic carbocycles. The standard InChI is InChI=1S/C42H35N9O2S4/c43-36-34-31(24-10-5-2-6-11-24)17-33(51-39(34)54-40(36)56(52)28-12-7-13-28)26-20-47-42(48-21-26)49-27-14-29(15-27)57(53)41-37(44)35-30(23-8-3-1-4-9-23)16-32(50-38(35)55-41)25-18-45-22-46-19-25/h1-6,8-11,16-22,27-29H,7,12-15,43-44H2,(H,47,48,49). The molecule has 6 aromatic heterocycles. The zero-order valence-electron chi connectivity index (χ0n) is 30.4. The highest BCUT2D eigenvalue weighted by molar-refractivity contribution is 7.94. The normalized spacial score (nSPS) is 17.9. The smallest absolute Gasteiger partial charge is 0.232 e. The summed E-state index contributed by atoms with van der Waals surface area (Å²) in [6, 6.07) is 24.2. The van der Waals surface area contributed by atoms with E-state index in [4.69, 9.17) is 21.4 Å². The molecule has 2 aromatic carbocycles. The second-order valence-corrected chi connectivity index (χ2v) is 20.2. The number of pyridine rings is 2. The number of hydrogen-bond acceptors (Lipinski definition) is 13. The van der Waals surface area contributed by atoms with E-state index in [1.807, 2.05) is 72.8 Å². The molecule has 0 radical (unpaired) electrons. The van der Waals surface area contributed by atoms with Gasteiger partial charge in [0.1, 0.15) is 37.9 Å². The van der Waals surface area contributed by atoms with Gasteiger partial charge in [-0.05, 0) is 53.6 Å². The van der Waals surface area contributed by atoms with Gasteiger partial charge in [-0.2, -0.15) is 0 Å². The Morgan fingerprint density at radius 3 is 1.61 bits per heavy atom. The molecule has 284 valence electrons. The van der Waals surface area contributed by atoms with Crippen LogP contribution in [0, 0.1) is 0 Å². The van der Waals surface area contributed by atoms with Crippen LogP contribution in [-0.2, 0) is 22.4 Å². The van der Waals surface area contributed by atoms with Crippen molar-refractivity contribution in [1.29, 1.82) is 0 Å². The van der Waals surface area contributed by atoms with Crippen molar-refractivity contribution in [3.05, 3.63) is 104 Å². The molecule has 2 aliphatic rings. The number of nitrogens with zero attached hydrogens (tertiary/aromatic N) is 6. The summed E-state index contributed by atoms with van der Waals surface area (Å²) in [5.41, 5.74) is 21.5. The molecule has 0 spiro atoms. The zero-order chi connectivity index (χ0) is 38.6. The summed E-state index contributed by atoms with van der Waals surface area (Å²) in [4.78, 5) is 29.1. The van der Waals surface area contributed by atoms with Crippen LogP contribution in [0.2, 0.25) is 0 Å². The molecular formula is C42H35N9O2S4. The van der Waals surface area contributed by atoms with Crippen LogP contribution >= 0.6 is 22.7 Å². The number of anilines is 3. The number of nitrogen functional groups attached to an aromatic ring is 2. The van der Waals surface area contributed by atoms with Crippen molar-refractivity contribution in [2.75, 3.05) is 16.8 Å². The Balaban J connectivity index is 0.874. The zero-order valence-corrected chi connectivity index (χ0v) is 33.6. The van der Waals surface area contributed by atoms with Crippen LogP contribution in [0.1, 0.15) is 32.1 Å². The second kappa shape index (κ2) is 15.0. The molecule has 57 heavy (non-hydrogen) atoms. The van der Waals surface area contributed by atoms with Gasteiger partial charge in [0.05, 0.1) is 11.4 Å². The maximum Gasteiger partial charge on any atom is 0.232 e. The van der Waals surface area contributed by atoms with Gasteiger partial charge in [-0.1, -0.05) is 83.3 Å². The summed E-state index contributed by atoms with van der Waals surface area (Å²) in [7, 11) is 0. The molecule has 0 bridgehead atoms. The predicted molar refractivity (Wildman–Crippen MR) is 232 cm³/mol. The summed E-state index contributed by atoms with van der Waals surface area (Å²) in [6.07, 6.45) is 12.9. The van der Waals surface area contributed by atoms with Crippen molar-refractivity contribution in [2.24, 2.45) is 0 Å². The van der Waals surface area contributed by atoms with Crippen LogP contribution in [0.5, 0.6) is 0 Å². The van der Waals surface area contributed by atoms with Gasteiger partial charge in [-0.25, -0.2) is 29.9 Å². The van der Waals surface area contributed by atoms with Gasteiger partial charge in [0.15, 0.2) is 0 Å². The van der Waals surface area contributed by atoms with Crippen LogP contribution in [0.25, 0.3) is 65.2 Å². The topological polar surface area (TPSA) is 188 Å². The predicted octanol–water partition coefficient (Wildman–Crippen LogP) is 8.73. The number of benzene rings is 2. The lowest BCUT2D eigenvalue weighted by Gasteiger charge is -2.35. The van der Waals surface area contributed by atoms with E-state index in [-0.39, 0.29) is 16.5 Å². The fraction of sp³-hybridized carbons (Fsp3) is 0.190. The molecular weight excluding hydrogens is 791 g/mol. The van der Waals surface area contributed by atoms with Gasteiger partial charge in [0.2, 0.25) is 14.4 Å². The average molecular weight is 826 g/mol. The lowest BCUT2D eigenvalue weighted by atomic mass is 9.92. The van der Waals surface area contributed by atoms with Gasteiger partial charge >= 0.3 is 0 Å². The molecule has 2 fully saturated rings. The van der Waals surface area contributed by atoms with E-state index in [1.165, 1.54) is 29.0 Å². The molecule has 0 amide bonds. The van der Waals surface area contributed by atoms with E-state index in [0.29, 0.717) is 44.3 Å². The molecule has 6 heterocycles. The highest BCUT2D eigenvalue weighted by Crippen LogP contribution is 2.48. The minimum absolute atomic E-state index is 0.0614. The number of hydrogen-bond donors (Lipinski definition) is 3. The number of fused-ring (bicyclic) bond motifs is 2. The monoisotopic (exact) mass is 825 g/mol. The molecule has 0 aliphatic heterocycles. The molecule has 0 saturated heterocycles. The first-order valence-electron chi connectivity index (χ1n) is 18.6. The molecule has 5 N–H and O–H groups in total. The maximum atomic E-state index is 14.1. The number of nitrogens with one attached hydrogen (secondary N) is 1. The van der Waals surface area contributed by atoms with Crippen LogP contribution < -0.4 is 16.8 Å². The fourth-order valence-corrected chi connectivity index (χ4v) is 13.9. The van der Waals surface area contributed by atoms with E-state index in [1.54, 1.807) is 24.8 Å². The van der Waals surface area contributed by atoms with Gasteiger partial charge in [0.25, 0.3) is 0 Å². The quantitative estimate of drug-likeness (QED) is 0.112. The van der Waals surface area contributed by atoms with Gasteiger partial charge < -0.3 is 25.9 Å². The third-order valence-corrected chi connectivity index (χ3v) is 17.3. The van der Waals surface area contributed by atoms with Crippen LogP contribution in [0.15, 0.2) is 112 Å². The van der Waals surface area contributed by atoms with Crippen molar-refractivity contribution < 1.29 is 9.11 Å². The minimum atomic E-state index is -1.33. The average Bonchev–Trinajstić information content (AvgIpc) is 3.74. The summed E-state index contributed by atoms with van der Waals surface area (Å²) < 4.78 is 28.8. The minimum Gasteiger partial charge on any atom is -0.611 e. The Kier molecular flexibility index (Phi) is 9.51. The first-order chi connectivity index (χ1) is 27.9. The third kappa shape index (κ3) is 6.67. The highest BCUT2D eigenvalue weighted by Gasteiger charge is 2.42. The number of thiophene rings is 2. The largest absolute Gasteiger partial charge is 0.611 e. The number of nitrogens with two attached hydrogens (primary N) is 2. The summed E-state index contributed by atoms with van der Waals surface area (Å²) in [6.45, 7) is 0. The van der Waals surface area contributed by atoms with Gasteiger partial charge in [-0.3, -0.25) is 0 Å². The first kappa shape index (κ1) is 36.2. The van der Waals surface area contributed by atoms with E-state index >= 15 is 0 Å². The molecule has 2 saturated carbocycles. The highest BCUT2D eigenvalue weighted by atomic mass is 32.2. The molecule has 10 rings (SSSR count). The molecule has 15 heteroatoms. The summed E-state index contributed by atoms with van der Waals surface area (Å²) in [5.74, 6) is 0.492. The number of aromatic nitrogens is 6. The summed E-state index contributed by atoms with van der Waals surface area (Å²) in [5, 5.41) is 5.16. The Morgan fingerprint density at radius 2 is 1.12 bits per heavy atom.